The third kappa shape index (κ3) is 3.10. The smallest absolute Gasteiger partial charge is 0.234 e. The lowest BCUT2D eigenvalue weighted by molar-refractivity contribution is -0.140. The number of carbonyl (C=O) groups is 2. The second kappa shape index (κ2) is 7.49. The van der Waals surface area contributed by atoms with Crippen LogP contribution in [-0.2, 0) is 9.59 Å². The van der Waals surface area contributed by atoms with Gasteiger partial charge < -0.3 is 5.11 Å². The summed E-state index contributed by atoms with van der Waals surface area (Å²) in [6.07, 6.45) is 4.60. The lowest BCUT2D eigenvalue weighted by Crippen LogP contribution is -2.33. The highest BCUT2D eigenvalue weighted by atomic mass is 16.3. The van der Waals surface area contributed by atoms with Gasteiger partial charge in [-0.2, -0.15) is 0 Å². The fourth-order valence-corrected chi connectivity index (χ4v) is 4.45. The largest absolute Gasteiger partial charge is 0.396 e. The minimum absolute atomic E-state index is 0.0329. The first-order valence-electron chi connectivity index (χ1n) is 9.46. The number of imide groups is 1. The van der Waals surface area contributed by atoms with Gasteiger partial charge in [-0.25, -0.2) is 0 Å². The summed E-state index contributed by atoms with van der Waals surface area (Å²) in [7, 11) is 0. The minimum atomic E-state index is -0.395. The van der Waals surface area contributed by atoms with Crippen molar-refractivity contribution in [2.75, 3.05) is 13.2 Å². The average Bonchev–Trinajstić information content (AvgIpc) is 2.98. The van der Waals surface area contributed by atoms with Gasteiger partial charge in [-0.1, -0.05) is 72.8 Å². The van der Waals surface area contributed by atoms with Crippen molar-refractivity contribution < 1.29 is 14.7 Å². The van der Waals surface area contributed by atoms with Gasteiger partial charge >= 0.3 is 0 Å². The third-order valence-electron chi connectivity index (χ3n) is 5.70. The lowest BCUT2D eigenvalue weighted by Gasteiger charge is -2.32. The van der Waals surface area contributed by atoms with Crippen molar-refractivity contribution in [2.45, 2.75) is 18.3 Å². The van der Waals surface area contributed by atoms with Crippen molar-refractivity contribution in [1.29, 1.82) is 0 Å². The van der Waals surface area contributed by atoms with Gasteiger partial charge in [-0.3, -0.25) is 14.5 Å². The van der Waals surface area contributed by atoms with E-state index in [1.165, 1.54) is 4.90 Å². The Bertz CT molecular complexity index is 779. The highest BCUT2D eigenvalue weighted by Gasteiger charge is 2.54. The van der Waals surface area contributed by atoms with Crippen LogP contribution in [0.3, 0.4) is 0 Å². The Morgan fingerprint density at radius 1 is 0.741 bits per heavy atom. The topological polar surface area (TPSA) is 57.6 Å². The molecule has 138 valence electrons. The van der Waals surface area contributed by atoms with E-state index in [0.29, 0.717) is 6.42 Å². The van der Waals surface area contributed by atoms with Gasteiger partial charge in [-0.05, 0) is 17.5 Å². The number of rotatable bonds is 5. The molecule has 0 radical (unpaired) electrons. The van der Waals surface area contributed by atoms with E-state index in [4.69, 9.17) is 5.11 Å². The Labute approximate surface area is 159 Å². The molecular weight excluding hydrogens is 338 g/mol. The van der Waals surface area contributed by atoms with Crippen LogP contribution in [0.2, 0.25) is 0 Å². The van der Waals surface area contributed by atoms with E-state index < -0.39 is 11.8 Å². The minimum Gasteiger partial charge on any atom is -0.396 e. The Balaban J connectivity index is 1.77. The number of hydrogen-bond donors (Lipinski definition) is 1. The van der Waals surface area contributed by atoms with Crippen molar-refractivity contribution >= 4 is 11.8 Å². The van der Waals surface area contributed by atoms with E-state index in [0.717, 1.165) is 11.1 Å². The molecule has 1 fully saturated rings. The molecule has 4 heteroatoms. The molecule has 1 heterocycles. The molecule has 4 atom stereocenters. The van der Waals surface area contributed by atoms with Crippen molar-refractivity contribution in [3.63, 3.8) is 0 Å². The molecule has 0 bridgehead atoms. The predicted molar refractivity (Wildman–Crippen MR) is 103 cm³/mol. The highest BCUT2D eigenvalue weighted by molar-refractivity contribution is 6.06. The number of fused-ring (bicyclic) bond motifs is 1. The number of hydrogen-bond acceptors (Lipinski definition) is 3. The fraction of sp³-hybridized carbons (Fsp3) is 0.304. The number of nitrogens with zero attached hydrogens (tertiary/aromatic N) is 1. The molecule has 1 N–H and O–H groups in total. The summed E-state index contributed by atoms with van der Waals surface area (Å²) in [5.41, 5.74) is 2.11. The van der Waals surface area contributed by atoms with E-state index in [9.17, 15) is 9.59 Å². The van der Waals surface area contributed by atoms with Crippen molar-refractivity contribution in [3.05, 3.63) is 83.9 Å². The zero-order valence-corrected chi connectivity index (χ0v) is 15.1. The molecule has 2 aromatic rings. The molecule has 2 aromatic carbocycles. The van der Waals surface area contributed by atoms with Crippen molar-refractivity contribution in [3.8, 4) is 0 Å². The van der Waals surface area contributed by atoms with Crippen LogP contribution < -0.4 is 0 Å². The first-order chi connectivity index (χ1) is 13.2. The average molecular weight is 361 g/mol. The molecule has 27 heavy (non-hydrogen) atoms. The number of amides is 2. The molecule has 0 saturated carbocycles. The summed E-state index contributed by atoms with van der Waals surface area (Å²) < 4.78 is 0. The second-order valence-corrected chi connectivity index (χ2v) is 7.21. The van der Waals surface area contributed by atoms with E-state index in [1.807, 2.05) is 60.7 Å². The quantitative estimate of drug-likeness (QED) is 0.658. The number of carbonyl (C=O) groups excluding carboxylic acids is 2. The van der Waals surface area contributed by atoms with Crippen molar-refractivity contribution in [2.24, 2.45) is 11.8 Å². The maximum atomic E-state index is 13.2. The van der Waals surface area contributed by atoms with Crippen LogP contribution in [0, 0.1) is 11.8 Å². The molecule has 0 unspecified atom stereocenters. The number of benzene rings is 2. The van der Waals surface area contributed by atoms with Gasteiger partial charge in [0.15, 0.2) is 0 Å². The molecule has 1 saturated heterocycles. The van der Waals surface area contributed by atoms with Crippen LogP contribution in [0.1, 0.15) is 29.4 Å². The zero-order chi connectivity index (χ0) is 18.8. The van der Waals surface area contributed by atoms with E-state index in [2.05, 4.69) is 12.2 Å². The van der Waals surface area contributed by atoms with Crippen LogP contribution in [0.5, 0.6) is 0 Å². The molecule has 2 amide bonds. The normalized spacial score (nSPS) is 27.1. The first-order valence-corrected chi connectivity index (χ1v) is 9.46. The Hall–Kier alpha value is -2.72. The molecule has 1 aliphatic heterocycles. The van der Waals surface area contributed by atoms with Gasteiger partial charge in [-0.15, -0.1) is 0 Å². The van der Waals surface area contributed by atoms with E-state index in [-0.39, 0.29) is 36.8 Å². The zero-order valence-electron chi connectivity index (χ0n) is 15.1. The fourth-order valence-electron chi connectivity index (χ4n) is 4.45. The molecule has 0 spiro atoms. The molecule has 0 aromatic heterocycles. The first kappa shape index (κ1) is 17.7. The Morgan fingerprint density at radius 3 is 1.59 bits per heavy atom. The van der Waals surface area contributed by atoms with Crippen LogP contribution in [0.15, 0.2) is 72.8 Å². The molecule has 1 aliphatic carbocycles. The summed E-state index contributed by atoms with van der Waals surface area (Å²) in [4.78, 5) is 27.8. The third-order valence-corrected chi connectivity index (χ3v) is 5.70. The summed E-state index contributed by atoms with van der Waals surface area (Å²) in [5.74, 6) is -1.23. The summed E-state index contributed by atoms with van der Waals surface area (Å²) in [6.45, 7) is 0.249. The van der Waals surface area contributed by atoms with Gasteiger partial charge in [0.25, 0.3) is 0 Å². The van der Waals surface area contributed by atoms with Crippen LogP contribution in [0.25, 0.3) is 0 Å². The van der Waals surface area contributed by atoms with Gasteiger partial charge in [0.05, 0.1) is 11.8 Å². The lowest BCUT2D eigenvalue weighted by atomic mass is 9.68. The summed E-state index contributed by atoms with van der Waals surface area (Å²) in [5, 5.41) is 9.16. The van der Waals surface area contributed by atoms with Crippen LogP contribution in [0.4, 0.5) is 0 Å². The van der Waals surface area contributed by atoms with Gasteiger partial charge in [0.2, 0.25) is 11.8 Å². The highest BCUT2D eigenvalue weighted by Crippen LogP contribution is 2.49. The number of allylic oxidation sites excluding steroid dienone is 2. The molecule has 2 aliphatic rings. The number of aliphatic hydroxyl groups is 1. The number of aliphatic hydroxyl groups excluding tert-OH is 1. The monoisotopic (exact) mass is 361 g/mol. The number of likely N-dealkylation sites (tertiary alicyclic amines) is 1. The SMILES string of the molecule is O=C1[C@@H]2[C@H](C(=O)N1CCCO)[C@H](c1ccccc1)C=C[C@@H]2c1ccccc1. The molecular formula is C23H23NO3. The summed E-state index contributed by atoms with van der Waals surface area (Å²) >= 11 is 0. The second-order valence-electron chi connectivity index (χ2n) is 7.21. The standard InChI is InChI=1S/C23H23NO3/c25-15-7-14-24-22(26)20-18(16-8-3-1-4-9-16)12-13-19(21(20)23(24)27)17-10-5-2-6-11-17/h1-6,8-13,18-21,25H,7,14-15H2/t18-,19+,20+,21-. The maximum absolute atomic E-state index is 13.2. The van der Waals surface area contributed by atoms with E-state index >= 15 is 0 Å². The van der Waals surface area contributed by atoms with Crippen LogP contribution >= 0.6 is 0 Å². The van der Waals surface area contributed by atoms with Gasteiger partial charge in [0.1, 0.15) is 0 Å². The predicted octanol–water partition coefficient (Wildman–Crippen LogP) is 3.11. The molecule has 4 rings (SSSR count). The van der Waals surface area contributed by atoms with Gasteiger partial charge in [0, 0.05) is 25.0 Å². The summed E-state index contributed by atoms with van der Waals surface area (Å²) in [6, 6.07) is 19.8. The van der Waals surface area contributed by atoms with Crippen LogP contribution in [-0.4, -0.2) is 35.0 Å². The van der Waals surface area contributed by atoms with Crippen molar-refractivity contribution in [1.82, 2.24) is 4.90 Å². The molecule has 4 nitrogen and oxygen atoms in total. The Morgan fingerprint density at radius 2 is 1.19 bits per heavy atom. The Kier molecular flexibility index (Phi) is 4.90. The van der Waals surface area contributed by atoms with E-state index in [1.54, 1.807) is 0 Å². The maximum Gasteiger partial charge on any atom is 0.234 e.